The molecule has 0 fully saturated rings. The van der Waals surface area contributed by atoms with Crippen LogP contribution in [0.3, 0.4) is 0 Å². The van der Waals surface area contributed by atoms with E-state index in [1.807, 2.05) is 0 Å². The molecule has 0 aromatic rings. The number of halogens is 4. The van der Waals surface area contributed by atoms with Crippen LogP contribution in [0, 0.1) is 0 Å². The zero-order valence-electron chi connectivity index (χ0n) is 22.1. The van der Waals surface area contributed by atoms with Gasteiger partial charge in [-0.3, -0.25) is 0 Å². The Kier molecular flexibility index (Phi) is 26.2. The van der Waals surface area contributed by atoms with Crippen LogP contribution in [0.4, 0.5) is 17.3 Å². The van der Waals surface area contributed by atoms with Gasteiger partial charge in [0.1, 0.15) is 0 Å². The lowest BCUT2D eigenvalue weighted by Gasteiger charge is -2.27. The highest BCUT2D eigenvalue weighted by molar-refractivity contribution is 7.75. The molecule has 0 aromatic carbocycles. The molecule has 0 amide bonds. The molecule has 0 aliphatic carbocycles. The lowest BCUT2D eigenvalue weighted by Crippen LogP contribution is -2.11. The van der Waals surface area contributed by atoms with Gasteiger partial charge in [0.2, 0.25) is 0 Å². The summed E-state index contributed by atoms with van der Waals surface area (Å²) in [6.07, 6.45) is 32.9. The highest BCUT2D eigenvalue weighted by Gasteiger charge is 2.33. The molecule has 0 rings (SSSR count). The lowest BCUT2D eigenvalue weighted by atomic mass is 10.1. The Morgan fingerprint density at radius 1 is 0.406 bits per heavy atom. The fourth-order valence-corrected chi connectivity index (χ4v) is 8.80. The molecule has 32 heavy (non-hydrogen) atoms. The van der Waals surface area contributed by atoms with Crippen LogP contribution in [0.15, 0.2) is 0 Å². The fraction of sp³-hybridized carbons (Fsp3) is 1.00. The lowest BCUT2D eigenvalue weighted by molar-refractivity contribution is 0.368. The Bertz CT molecular complexity index is 317. The third-order valence-corrected chi connectivity index (χ3v) is 11.8. The minimum atomic E-state index is -6.00. The average molecular weight is 487 g/mol. The summed E-state index contributed by atoms with van der Waals surface area (Å²) in [6, 6.07) is 0. The molecule has 6 heteroatoms. The molecule has 196 valence electrons. The molecule has 0 N–H and O–H groups in total. The van der Waals surface area contributed by atoms with Crippen LogP contribution in [0.1, 0.15) is 143 Å². The Hall–Kier alpha value is 0.215. The molecule has 0 atom stereocenters. The van der Waals surface area contributed by atoms with Gasteiger partial charge in [-0.05, 0) is 45.4 Å². The van der Waals surface area contributed by atoms with Crippen molar-refractivity contribution in [2.24, 2.45) is 0 Å². The maximum absolute atomic E-state index is 9.75. The van der Waals surface area contributed by atoms with Crippen molar-refractivity contribution in [2.75, 3.05) is 24.6 Å². The van der Waals surface area contributed by atoms with Crippen LogP contribution in [0.2, 0.25) is 0 Å². The Labute approximate surface area is 199 Å². The first-order chi connectivity index (χ1) is 15.2. The van der Waals surface area contributed by atoms with Crippen LogP contribution < -0.4 is 0 Å². The van der Waals surface area contributed by atoms with Gasteiger partial charge in [-0.15, -0.1) is 0 Å². The molecule has 0 aliphatic heterocycles. The molecule has 0 unspecified atom stereocenters. The van der Waals surface area contributed by atoms with Crippen LogP contribution in [0.25, 0.3) is 0 Å². The molecule has 0 aliphatic rings. The summed E-state index contributed by atoms with van der Waals surface area (Å²) in [5.74, 6) is 0. The van der Waals surface area contributed by atoms with Crippen molar-refractivity contribution in [3.05, 3.63) is 0 Å². The smallest absolute Gasteiger partial charge is 0.418 e. The molecule has 0 spiro atoms. The second-order valence-electron chi connectivity index (χ2n) is 9.63. The van der Waals surface area contributed by atoms with E-state index in [0.29, 0.717) is 0 Å². The van der Waals surface area contributed by atoms with Gasteiger partial charge in [0.05, 0.1) is 24.6 Å². The van der Waals surface area contributed by atoms with Crippen molar-refractivity contribution in [3.63, 3.8) is 0 Å². The summed E-state index contributed by atoms with van der Waals surface area (Å²) in [5.41, 5.74) is 0. The van der Waals surface area contributed by atoms with E-state index in [0.717, 1.165) is 0 Å². The molecule has 0 saturated heterocycles. The summed E-state index contributed by atoms with van der Waals surface area (Å²) in [5, 5.41) is 0. The summed E-state index contributed by atoms with van der Waals surface area (Å²) < 4.78 is 39.0. The van der Waals surface area contributed by atoms with Crippen molar-refractivity contribution >= 4 is 14.5 Å². The van der Waals surface area contributed by atoms with E-state index in [1.165, 1.54) is 122 Å². The molecule has 0 nitrogen and oxygen atoms in total. The Morgan fingerprint density at radius 2 is 0.625 bits per heavy atom. The second-order valence-corrected chi connectivity index (χ2v) is 14.3. The van der Waals surface area contributed by atoms with Crippen molar-refractivity contribution in [3.8, 4) is 0 Å². The summed E-state index contributed by atoms with van der Waals surface area (Å²) in [7, 11) is -6.64. The minimum absolute atomic E-state index is 0.644. The molecular weight excluding hydrogens is 430 g/mol. The molecular formula is C26H56BF4P. The third kappa shape index (κ3) is 28.2. The van der Waals surface area contributed by atoms with Gasteiger partial charge in [-0.25, -0.2) is 0 Å². The van der Waals surface area contributed by atoms with Crippen molar-refractivity contribution < 1.29 is 17.3 Å². The van der Waals surface area contributed by atoms with E-state index in [1.54, 1.807) is 18.5 Å². The highest BCUT2D eigenvalue weighted by Crippen LogP contribution is 2.60. The first-order valence-electron chi connectivity index (χ1n) is 14.0. The van der Waals surface area contributed by atoms with Crippen molar-refractivity contribution in [2.45, 2.75) is 143 Å². The maximum atomic E-state index is 9.75. The van der Waals surface area contributed by atoms with Crippen molar-refractivity contribution in [1.82, 2.24) is 0 Å². The topological polar surface area (TPSA) is 0 Å². The number of hydrogen-bond acceptors (Lipinski definition) is 0. The third-order valence-electron chi connectivity index (χ3n) is 6.63. The summed E-state index contributed by atoms with van der Waals surface area (Å²) >= 11 is 0. The van der Waals surface area contributed by atoms with Crippen LogP contribution in [-0.2, 0) is 0 Å². The molecule has 0 bridgehead atoms. The van der Waals surface area contributed by atoms with Gasteiger partial charge < -0.3 is 17.3 Å². The van der Waals surface area contributed by atoms with Crippen LogP contribution in [0.5, 0.6) is 0 Å². The Balaban J connectivity index is 0. The maximum Gasteiger partial charge on any atom is 0.673 e. The van der Waals surface area contributed by atoms with E-state index >= 15 is 0 Å². The van der Waals surface area contributed by atoms with E-state index in [9.17, 15) is 17.3 Å². The number of rotatable bonds is 22. The van der Waals surface area contributed by atoms with E-state index in [4.69, 9.17) is 0 Å². The predicted octanol–water partition coefficient (Wildman–Crippen LogP) is 11.4. The van der Waals surface area contributed by atoms with Gasteiger partial charge in [-0.2, -0.15) is 0 Å². The van der Waals surface area contributed by atoms with Gasteiger partial charge in [0, 0.05) is 7.26 Å². The predicted molar refractivity (Wildman–Crippen MR) is 142 cm³/mol. The number of hydrogen-bond donors (Lipinski definition) is 0. The molecule has 0 radical (unpaired) electrons. The van der Waals surface area contributed by atoms with Gasteiger partial charge >= 0.3 is 7.25 Å². The van der Waals surface area contributed by atoms with Gasteiger partial charge in [0.25, 0.3) is 0 Å². The zero-order valence-corrected chi connectivity index (χ0v) is 23.0. The molecule has 0 aromatic heterocycles. The van der Waals surface area contributed by atoms with Gasteiger partial charge in [0.15, 0.2) is 0 Å². The quantitative estimate of drug-likeness (QED) is 0.0618. The first-order valence-corrected chi connectivity index (χ1v) is 16.5. The van der Waals surface area contributed by atoms with Crippen LogP contribution >= 0.6 is 7.26 Å². The average Bonchev–Trinajstić information content (AvgIpc) is 2.74. The fourth-order valence-electron chi connectivity index (χ4n) is 4.49. The van der Waals surface area contributed by atoms with E-state index in [-0.39, 0.29) is 0 Å². The van der Waals surface area contributed by atoms with Gasteiger partial charge in [-0.1, -0.05) is 97.8 Å². The largest absolute Gasteiger partial charge is 0.673 e. The van der Waals surface area contributed by atoms with E-state index < -0.39 is 14.5 Å². The highest BCUT2D eigenvalue weighted by atomic mass is 31.2. The SMILES string of the molecule is CCCCCCCC[P+](CC)(CCCCCCCC)CCCCCCCC.F[B-](F)(F)F. The Morgan fingerprint density at radius 3 is 0.844 bits per heavy atom. The molecule has 0 heterocycles. The standard InChI is InChI=1S/C26H56P.BF4/c1-5-9-12-15-18-21-24-27(8-4,25-22-19-16-13-10-6-2)26-23-20-17-14-11-7-3;2-1(3,4)5/h5-26H2,1-4H3;/q+1;-1. The molecule has 0 saturated carbocycles. The summed E-state index contributed by atoms with van der Waals surface area (Å²) in [6.45, 7) is 9.52. The second kappa shape index (κ2) is 24.3. The van der Waals surface area contributed by atoms with Crippen molar-refractivity contribution in [1.29, 1.82) is 0 Å². The number of unbranched alkanes of at least 4 members (excludes halogenated alkanes) is 15. The zero-order chi connectivity index (χ0) is 24.6. The van der Waals surface area contributed by atoms with E-state index in [2.05, 4.69) is 27.7 Å². The first kappa shape index (κ1) is 34.4. The normalized spacial score (nSPS) is 12.0. The van der Waals surface area contributed by atoms with Crippen LogP contribution in [-0.4, -0.2) is 31.9 Å². The monoisotopic (exact) mass is 486 g/mol. The minimum Gasteiger partial charge on any atom is -0.418 e. The summed E-state index contributed by atoms with van der Waals surface area (Å²) in [4.78, 5) is 0.